The van der Waals surface area contributed by atoms with Crippen molar-refractivity contribution in [2.24, 2.45) is 23.7 Å². The van der Waals surface area contributed by atoms with Crippen LogP contribution in [-0.2, 0) is 6.54 Å². The van der Waals surface area contributed by atoms with Crippen LogP contribution in [0.15, 0.2) is 16.8 Å². The van der Waals surface area contributed by atoms with E-state index >= 15 is 0 Å². The lowest BCUT2D eigenvalue weighted by atomic mass is 9.79. The lowest BCUT2D eigenvalue weighted by molar-refractivity contribution is 0.197. The molecule has 2 amide bonds. The van der Waals surface area contributed by atoms with Crippen LogP contribution in [0.2, 0.25) is 0 Å². The first-order valence-corrected chi connectivity index (χ1v) is 8.81. The number of thiophene rings is 1. The van der Waals surface area contributed by atoms with Crippen molar-refractivity contribution in [2.75, 3.05) is 0 Å². The second kappa shape index (κ2) is 5.06. The highest BCUT2D eigenvalue weighted by Crippen LogP contribution is 2.58. The molecule has 2 bridgehead atoms. The van der Waals surface area contributed by atoms with Gasteiger partial charge in [-0.2, -0.15) is 11.3 Å². The molecule has 1 heterocycles. The zero-order valence-electron chi connectivity index (χ0n) is 11.7. The number of carbonyl (C=O) groups is 1. The van der Waals surface area contributed by atoms with E-state index < -0.39 is 0 Å². The molecule has 5 atom stereocenters. The Balaban J connectivity index is 1.30. The van der Waals surface area contributed by atoms with Gasteiger partial charge in [-0.05, 0) is 71.7 Å². The van der Waals surface area contributed by atoms with Crippen molar-refractivity contribution < 1.29 is 4.79 Å². The number of fused-ring (bicyclic) bond motifs is 5. The van der Waals surface area contributed by atoms with E-state index in [0.717, 1.165) is 23.7 Å². The summed E-state index contributed by atoms with van der Waals surface area (Å²) in [5, 5.41) is 10.4. The standard InChI is InChI=1S/C16H22N2OS/c19-16(17-8-10-4-5-20-9-10)18-15-7-11-6-14(15)13-3-1-2-12(11)13/h4-5,9,11-15H,1-3,6-8H2,(H2,17,18,19). The number of amides is 2. The Morgan fingerprint density at radius 2 is 2.15 bits per heavy atom. The minimum Gasteiger partial charge on any atom is -0.335 e. The van der Waals surface area contributed by atoms with E-state index in [2.05, 4.69) is 22.1 Å². The average molecular weight is 290 g/mol. The first-order chi connectivity index (χ1) is 9.81. The lowest BCUT2D eigenvalue weighted by Crippen LogP contribution is -2.46. The molecule has 3 aliphatic carbocycles. The number of hydrogen-bond acceptors (Lipinski definition) is 2. The van der Waals surface area contributed by atoms with Crippen LogP contribution in [0.25, 0.3) is 0 Å². The summed E-state index contributed by atoms with van der Waals surface area (Å²) in [7, 11) is 0. The van der Waals surface area contributed by atoms with E-state index in [9.17, 15) is 4.79 Å². The Morgan fingerprint density at radius 1 is 1.25 bits per heavy atom. The molecule has 3 fully saturated rings. The van der Waals surface area contributed by atoms with Gasteiger partial charge >= 0.3 is 6.03 Å². The molecule has 3 saturated carbocycles. The van der Waals surface area contributed by atoms with Gasteiger partial charge in [0.2, 0.25) is 0 Å². The maximum absolute atomic E-state index is 12.0. The minimum absolute atomic E-state index is 0.0169. The van der Waals surface area contributed by atoms with Crippen molar-refractivity contribution in [3.05, 3.63) is 22.4 Å². The zero-order chi connectivity index (χ0) is 13.5. The van der Waals surface area contributed by atoms with E-state index in [4.69, 9.17) is 0 Å². The van der Waals surface area contributed by atoms with Crippen molar-refractivity contribution in [3.63, 3.8) is 0 Å². The number of nitrogens with one attached hydrogen (secondary N) is 2. The normalized spacial score (nSPS) is 37.9. The summed E-state index contributed by atoms with van der Waals surface area (Å²) in [6.07, 6.45) is 6.85. The quantitative estimate of drug-likeness (QED) is 0.880. The van der Waals surface area contributed by atoms with E-state index in [-0.39, 0.29) is 6.03 Å². The van der Waals surface area contributed by atoms with Gasteiger partial charge in [0.1, 0.15) is 0 Å². The molecule has 0 aromatic carbocycles. The molecular formula is C16H22N2OS. The van der Waals surface area contributed by atoms with Crippen LogP contribution < -0.4 is 10.6 Å². The predicted octanol–water partition coefficient (Wildman–Crippen LogP) is 3.37. The van der Waals surface area contributed by atoms with Crippen LogP contribution in [0, 0.1) is 23.7 Å². The molecule has 0 radical (unpaired) electrons. The molecule has 2 N–H and O–H groups in total. The molecule has 0 aliphatic heterocycles. The van der Waals surface area contributed by atoms with Crippen LogP contribution in [0.3, 0.4) is 0 Å². The first kappa shape index (κ1) is 12.7. The smallest absolute Gasteiger partial charge is 0.315 e. The average Bonchev–Trinajstić information content (AvgIpc) is 3.18. The third-order valence-electron chi connectivity index (χ3n) is 5.78. The lowest BCUT2D eigenvalue weighted by Gasteiger charge is -2.32. The van der Waals surface area contributed by atoms with E-state index in [1.807, 2.05) is 5.38 Å². The first-order valence-electron chi connectivity index (χ1n) is 7.86. The van der Waals surface area contributed by atoms with Gasteiger partial charge in [0.15, 0.2) is 0 Å². The molecular weight excluding hydrogens is 268 g/mol. The minimum atomic E-state index is 0.0169. The second-order valence-corrected chi connectivity index (χ2v) is 7.50. The topological polar surface area (TPSA) is 41.1 Å². The van der Waals surface area contributed by atoms with Gasteiger partial charge in [-0.15, -0.1) is 0 Å². The fourth-order valence-electron chi connectivity index (χ4n) is 5.03. The third-order valence-corrected chi connectivity index (χ3v) is 6.51. The van der Waals surface area contributed by atoms with Crippen molar-refractivity contribution in [3.8, 4) is 0 Å². The molecule has 108 valence electrons. The Hall–Kier alpha value is -1.03. The van der Waals surface area contributed by atoms with Crippen molar-refractivity contribution >= 4 is 17.4 Å². The predicted molar refractivity (Wildman–Crippen MR) is 80.5 cm³/mol. The highest BCUT2D eigenvalue weighted by molar-refractivity contribution is 7.07. The van der Waals surface area contributed by atoms with Crippen molar-refractivity contribution in [1.29, 1.82) is 0 Å². The van der Waals surface area contributed by atoms with Gasteiger partial charge in [-0.25, -0.2) is 4.79 Å². The highest BCUT2D eigenvalue weighted by atomic mass is 32.1. The molecule has 0 saturated heterocycles. The maximum Gasteiger partial charge on any atom is 0.315 e. The Labute approximate surface area is 124 Å². The zero-order valence-corrected chi connectivity index (χ0v) is 12.5. The van der Waals surface area contributed by atoms with Crippen molar-refractivity contribution in [1.82, 2.24) is 10.6 Å². The van der Waals surface area contributed by atoms with E-state index in [0.29, 0.717) is 12.6 Å². The maximum atomic E-state index is 12.0. The van der Waals surface area contributed by atoms with E-state index in [1.165, 1.54) is 37.7 Å². The van der Waals surface area contributed by atoms with Crippen LogP contribution in [0.1, 0.15) is 37.7 Å². The third kappa shape index (κ3) is 2.14. The summed E-state index contributed by atoms with van der Waals surface area (Å²) in [5.74, 6) is 3.57. The SMILES string of the molecule is O=C(NCc1ccsc1)NC1CC2CC1C1CCCC21. The van der Waals surface area contributed by atoms with Crippen LogP contribution in [0.5, 0.6) is 0 Å². The second-order valence-electron chi connectivity index (χ2n) is 6.72. The summed E-state index contributed by atoms with van der Waals surface area (Å²) in [6.45, 7) is 0.641. The number of carbonyl (C=O) groups excluding carboxylic acids is 1. The summed E-state index contributed by atoms with van der Waals surface area (Å²) in [6, 6.07) is 2.51. The summed E-state index contributed by atoms with van der Waals surface area (Å²) >= 11 is 1.67. The molecule has 1 aromatic rings. The fraction of sp³-hybridized carbons (Fsp3) is 0.688. The molecule has 4 rings (SSSR count). The molecule has 0 spiro atoms. The molecule has 3 aliphatic rings. The summed E-state index contributed by atoms with van der Waals surface area (Å²) < 4.78 is 0. The molecule has 5 unspecified atom stereocenters. The Morgan fingerprint density at radius 3 is 3.00 bits per heavy atom. The molecule has 20 heavy (non-hydrogen) atoms. The molecule has 3 nitrogen and oxygen atoms in total. The number of rotatable bonds is 3. The van der Waals surface area contributed by atoms with Gasteiger partial charge in [0.25, 0.3) is 0 Å². The summed E-state index contributed by atoms with van der Waals surface area (Å²) in [4.78, 5) is 12.0. The molecule has 1 aromatic heterocycles. The fourth-order valence-corrected chi connectivity index (χ4v) is 5.70. The Kier molecular flexibility index (Phi) is 3.21. The van der Waals surface area contributed by atoms with Crippen LogP contribution in [0.4, 0.5) is 4.79 Å². The number of hydrogen-bond donors (Lipinski definition) is 2. The van der Waals surface area contributed by atoms with Gasteiger partial charge in [0, 0.05) is 12.6 Å². The highest BCUT2D eigenvalue weighted by Gasteiger charge is 2.53. The van der Waals surface area contributed by atoms with Gasteiger partial charge in [0.05, 0.1) is 0 Å². The molecule has 4 heteroatoms. The van der Waals surface area contributed by atoms with Crippen LogP contribution in [-0.4, -0.2) is 12.1 Å². The summed E-state index contributed by atoms with van der Waals surface area (Å²) in [5.41, 5.74) is 1.19. The van der Waals surface area contributed by atoms with Gasteiger partial charge in [-0.1, -0.05) is 6.42 Å². The van der Waals surface area contributed by atoms with E-state index in [1.54, 1.807) is 11.3 Å². The number of urea groups is 1. The Bertz CT molecular complexity index is 487. The monoisotopic (exact) mass is 290 g/mol. The van der Waals surface area contributed by atoms with Gasteiger partial charge in [-0.3, -0.25) is 0 Å². The van der Waals surface area contributed by atoms with Crippen molar-refractivity contribution in [2.45, 2.75) is 44.7 Å². The van der Waals surface area contributed by atoms with Gasteiger partial charge < -0.3 is 10.6 Å². The van der Waals surface area contributed by atoms with Crippen LogP contribution >= 0.6 is 11.3 Å². The largest absolute Gasteiger partial charge is 0.335 e.